The summed E-state index contributed by atoms with van der Waals surface area (Å²) in [5.41, 5.74) is 2.65. The van der Waals surface area contributed by atoms with Gasteiger partial charge < -0.3 is 10.2 Å². The van der Waals surface area contributed by atoms with Crippen LogP contribution in [-0.4, -0.2) is 29.0 Å². The van der Waals surface area contributed by atoms with E-state index in [1.165, 1.54) is 38.5 Å². The predicted octanol–water partition coefficient (Wildman–Crippen LogP) is 5.21. The minimum absolute atomic E-state index is 0.0623. The molecule has 0 spiro atoms. The quantitative estimate of drug-likeness (QED) is 0.413. The lowest BCUT2D eigenvalue weighted by atomic mass is 9.94. The zero-order chi connectivity index (χ0) is 17.6. The maximum atomic E-state index is 11.5. The van der Waals surface area contributed by atoms with Crippen molar-refractivity contribution < 1.29 is 4.92 Å². The summed E-state index contributed by atoms with van der Waals surface area (Å²) in [6.07, 6.45) is 9.54. The summed E-state index contributed by atoms with van der Waals surface area (Å²) >= 11 is 3.25. The molecule has 6 heteroatoms. The molecule has 1 saturated carbocycles. The van der Waals surface area contributed by atoms with Gasteiger partial charge in [0.05, 0.1) is 4.92 Å². The largest absolute Gasteiger partial charge is 0.382 e. The van der Waals surface area contributed by atoms with Gasteiger partial charge in [-0.3, -0.25) is 10.1 Å². The third-order valence-corrected chi connectivity index (χ3v) is 5.84. The third-order valence-electron chi connectivity index (χ3n) is 5.17. The average molecular weight is 408 g/mol. The number of likely N-dealkylation sites (tertiary alicyclic amines) is 1. The van der Waals surface area contributed by atoms with Crippen molar-refractivity contribution in [1.29, 1.82) is 0 Å². The SMILES string of the molecule is O=[N+]([O-])C(Br)=C(c1ccccc1NC1CCCCC1)N1CCCCC1. The molecule has 1 aliphatic carbocycles. The van der Waals surface area contributed by atoms with Crippen molar-refractivity contribution in [3.05, 3.63) is 44.5 Å². The van der Waals surface area contributed by atoms with Crippen molar-refractivity contribution in [1.82, 2.24) is 4.90 Å². The van der Waals surface area contributed by atoms with Crippen LogP contribution in [0, 0.1) is 10.1 Å². The Morgan fingerprint density at radius 1 is 1.08 bits per heavy atom. The summed E-state index contributed by atoms with van der Waals surface area (Å²) in [6.45, 7) is 1.74. The van der Waals surface area contributed by atoms with Crippen LogP contribution >= 0.6 is 15.9 Å². The van der Waals surface area contributed by atoms with Crippen molar-refractivity contribution in [2.75, 3.05) is 18.4 Å². The van der Waals surface area contributed by atoms with Gasteiger partial charge in [0.2, 0.25) is 0 Å². The second kappa shape index (κ2) is 8.70. The predicted molar refractivity (Wildman–Crippen MR) is 105 cm³/mol. The highest BCUT2D eigenvalue weighted by Crippen LogP contribution is 2.35. The summed E-state index contributed by atoms with van der Waals surface area (Å²) in [4.78, 5) is 13.4. The van der Waals surface area contributed by atoms with Crippen molar-refractivity contribution in [3.63, 3.8) is 0 Å². The van der Waals surface area contributed by atoms with E-state index < -0.39 is 0 Å². The molecule has 0 atom stereocenters. The normalized spacial score (nSPS) is 20.1. The molecular weight excluding hydrogens is 382 g/mol. The van der Waals surface area contributed by atoms with E-state index in [1.807, 2.05) is 24.3 Å². The zero-order valence-corrected chi connectivity index (χ0v) is 16.1. The van der Waals surface area contributed by atoms with Crippen LogP contribution < -0.4 is 5.32 Å². The van der Waals surface area contributed by atoms with Crippen LogP contribution in [0.3, 0.4) is 0 Å². The number of anilines is 1. The zero-order valence-electron chi connectivity index (χ0n) is 14.5. The maximum absolute atomic E-state index is 11.5. The Bertz CT molecular complexity index is 635. The topological polar surface area (TPSA) is 58.4 Å². The molecular formula is C19H26BrN3O2. The van der Waals surface area contributed by atoms with E-state index in [0.717, 1.165) is 37.2 Å². The van der Waals surface area contributed by atoms with Crippen LogP contribution in [0.1, 0.15) is 56.9 Å². The first-order chi connectivity index (χ1) is 12.2. The number of rotatable bonds is 5. The third kappa shape index (κ3) is 4.54. The number of piperidine rings is 1. The second-order valence-corrected chi connectivity index (χ2v) is 7.72. The van der Waals surface area contributed by atoms with Crippen LogP contribution in [0.25, 0.3) is 5.70 Å². The van der Waals surface area contributed by atoms with Crippen molar-refractivity contribution in [3.8, 4) is 0 Å². The summed E-state index contributed by atoms with van der Waals surface area (Å²) < 4.78 is 0.0623. The van der Waals surface area contributed by atoms with Gasteiger partial charge >= 0.3 is 4.61 Å². The lowest BCUT2D eigenvalue weighted by Crippen LogP contribution is -2.30. The highest BCUT2D eigenvalue weighted by molar-refractivity contribution is 9.11. The Balaban J connectivity index is 1.95. The van der Waals surface area contributed by atoms with E-state index in [2.05, 4.69) is 26.1 Å². The van der Waals surface area contributed by atoms with E-state index in [1.54, 1.807) is 0 Å². The molecule has 2 aliphatic rings. The molecule has 3 rings (SSSR count). The van der Waals surface area contributed by atoms with Gasteiger partial charge in [-0.05, 0) is 38.2 Å². The molecule has 1 aliphatic heterocycles. The summed E-state index contributed by atoms with van der Waals surface area (Å²) in [6, 6.07) is 8.48. The van der Waals surface area contributed by atoms with Gasteiger partial charge in [-0.25, -0.2) is 0 Å². The standard InChI is InChI=1S/C19H26BrN3O2/c20-19(23(24)25)18(22-13-7-2-8-14-22)16-11-5-6-12-17(16)21-15-9-3-1-4-10-15/h5-6,11-12,15,21H,1-4,7-10,13-14H2. The molecule has 1 heterocycles. The van der Waals surface area contributed by atoms with E-state index in [4.69, 9.17) is 0 Å². The van der Waals surface area contributed by atoms with Crippen molar-refractivity contribution in [2.45, 2.75) is 57.4 Å². The number of hydrogen-bond donors (Lipinski definition) is 1. The summed E-state index contributed by atoms with van der Waals surface area (Å²) in [7, 11) is 0. The Kier molecular flexibility index (Phi) is 6.34. The number of hydrogen-bond acceptors (Lipinski definition) is 4. The lowest BCUT2D eigenvalue weighted by Gasteiger charge is -2.32. The van der Waals surface area contributed by atoms with Gasteiger partial charge in [0.15, 0.2) is 0 Å². The molecule has 1 aromatic rings. The van der Waals surface area contributed by atoms with Crippen LogP contribution in [0.4, 0.5) is 5.69 Å². The molecule has 0 aromatic heterocycles. The Morgan fingerprint density at radius 3 is 2.40 bits per heavy atom. The molecule has 0 radical (unpaired) electrons. The highest BCUT2D eigenvalue weighted by atomic mass is 79.9. The van der Waals surface area contributed by atoms with E-state index in [9.17, 15) is 10.1 Å². The van der Waals surface area contributed by atoms with E-state index >= 15 is 0 Å². The molecule has 1 aromatic carbocycles. The fraction of sp³-hybridized carbons (Fsp3) is 0.579. The number of nitrogens with zero attached hydrogens (tertiary/aromatic N) is 2. The minimum atomic E-state index is -0.318. The second-order valence-electron chi connectivity index (χ2n) is 6.97. The number of nitro groups is 1. The molecule has 0 amide bonds. The molecule has 1 N–H and O–H groups in total. The number of halogens is 1. The van der Waals surface area contributed by atoms with Crippen LogP contribution in [0.2, 0.25) is 0 Å². The number of nitrogens with one attached hydrogen (secondary N) is 1. The minimum Gasteiger partial charge on any atom is -0.382 e. The van der Waals surface area contributed by atoms with E-state index in [0.29, 0.717) is 11.7 Å². The maximum Gasteiger partial charge on any atom is 0.334 e. The smallest absolute Gasteiger partial charge is 0.334 e. The van der Waals surface area contributed by atoms with Crippen LogP contribution in [0.5, 0.6) is 0 Å². The molecule has 0 bridgehead atoms. The van der Waals surface area contributed by atoms with Crippen molar-refractivity contribution >= 4 is 27.3 Å². The molecule has 0 unspecified atom stereocenters. The summed E-state index contributed by atoms with van der Waals surface area (Å²) in [5.74, 6) is 0. The van der Waals surface area contributed by atoms with Crippen LogP contribution in [0.15, 0.2) is 28.9 Å². The monoisotopic (exact) mass is 407 g/mol. The first-order valence-corrected chi connectivity index (χ1v) is 10.1. The van der Waals surface area contributed by atoms with Gasteiger partial charge in [-0.15, -0.1) is 0 Å². The average Bonchev–Trinajstić information content (AvgIpc) is 2.65. The van der Waals surface area contributed by atoms with Gasteiger partial charge in [0.1, 0.15) is 5.70 Å². The highest BCUT2D eigenvalue weighted by Gasteiger charge is 2.27. The fourth-order valence-corrected chi connectivity index (χ4v) is 4.36. The van der Waals surface area contributed by atoms with Gasteiger partial charge in [-0.2, -0.15) is 0 Å². The number of benzene rings is 1. The summed E-state index contributed by atoms with van der Waals surface area (Å²) in [5, 5.41) is 15.2. The molecule has 2 fully saturated rings. The van der Waals surface area contributed by atoms with Gasteiger partial charge in [-0.1, -0.05) is 37.5 Å². The first kappa shape index (κ1) is 18.2. The van der Waals surface area contributed by atoms with Crippen molar-refractivity contribution in [2.24, 2.45) is 0 Å². The molecule has 1 saturated heterocycles. The Labute approximate surface area is 157 Å². The fourth-order valence-electron chi connectivity index (χ4n) is 3.90. The Hall–Kier alpha value is -1.56. The Morgan fingerprint density at radius 2 is 1.72 bits per heavy atom. The molecule has 136 valence electrons. The molecule has 5 nitrogen and oxygen atoms in total. The van der Waals surface area contributed by atoms with Gasteiger partial charge in [0, 0.05) is 46.3 Å². The lowest BCUT2D eigenvalue weighted by molar-refractivity contribution is -0.408. The number of para-hydroxylation sites is 1. The first-order valence-electron chi connectivity index (χ1n) is 9.32. The van der Waals surface area contributed by atoms with Gasteiger partial charge in [0.25, 0.3) is 0 Å². The van der Waals surface area contributed by atoms with Crippen LogP contribution in [-0.2, 0) is 0 Å². The molecule has 25 heavy (non-hydrogen) atoms. The van der Waals surface area contributed by atoms with E-state index in [-0.39, 0.29) is 9.53 Å².